The molecule has 3 aromatic rings. The van der Waals surface area contributed by atoms with Crippen LogP contribution >= 0.6 is 0 Å². The second kappa shape index (κ2) is 11.6. The van der Waals surface area contributed by atoms with E-state index in [0.29, 0.717) is 13.0 Å². The minimum absolute atomic E-state index is 0.00182. The van der Waals surface area contributed by atoms with Crippen molar-refractivity contribution in [3.05, 3.63) is 101 Å². The van der Waals surface area contributed by atoms with E-state index in [-0.39, 0.29) is 12.5 Å². The molecule has 3 rings (SSSR count). The predicted molar refractivity (Wildman–Crippen MR) is 124 cm³/mol. The summed E-state index contributed by atoms with van der Waals surface area (Å²) in [4.78, 5) is 16.3. The third kappa shape index (κ3) is 7.97. The molecule has 0 radical (unpaired) electrons. The lowest BCUT2D eigenvalue weighted by Crippen LogP contribution is -2.08. The van der Waals surface area contributed by atoms with E-state index in [1.807, 2.05) is 61.5 Å². The lowest BCUT2D eigenvalue weighted by Gasteiger charge is -2.10. The number of oxime groups is 1. The van der Waals surface area contributed by atoms with E-state index in [2.05, 4.69) is 34.7 Å². The Hall–Kier alpha value is -3.60. The van der Waals surface area contributed by atoms with Crippen LogP contribution in [0.4, 0.5) is 5.69 Å². The molecule has 0 aliphatic carbocycles. The summed E-state index contributed by atoms with van der Waals surface area (Å²) in [5, 5.41) is 16.3. The first-order valence-corrected chi connectivity index (χ1v) is 10.4. The van der Waals surface area contributed by atoms with Crippen LogP contribution < -0.4 is 5.32 Å². The van der Waals surface area contributed by atoms with Gasteiger partial charge in [0, 0.05) is 25.1 Å². The van der Waals surface area contributed by atoms with Gasteiger partial charge in [0.05, 0.1) is 6.21 Å². The zero-order valence-electron chi connectivity index (χ0n) is 17.7. The fourth-order valence-corrected chi connectivity index (χ4v) is 3.21. The molecule has 0 bridgehead atoms. The Morgan fingerprint density at radius 2 is 1.74 bits per heavy atom. The number of carboxylic acids is 1. The highest BCUT2D eigenvalue weighted by atomic mass is 16.6. The van der Waals surface area contributed by atoms with Gasteiger partial charge in [-0.1, -0.05) is 65.8 Å². The van der Waals surface area contributed by atoms with Crippen molar-refractivity contribution in [3.63, 3.8) is 0 Å². The summed E-state index contributed by atoms with van der Waals surface area (Å²) in [6.45, 7) is 2.69. The van der Waals surface area contributed by atoms with Crippen LogP contribution in [0.5, 0.6) is 0 Å². The van der Waals surface area contributed by atoms with Gasteiger partial charge in [0.15, 0.2) is 0 Å². The summed E-state index contributed by atoms with van der Waals surface area (Å²) in [5.41, 5.74) is 5.36. The number of anilines is 1. The summed E-state index contributed by atoms with van der Waals surface area (Å²) in [6, 6.07) is 26.2. The number of hydrogen-bond donors (Lipinski definition) is 2. The van der Waals surface area contributed by atoms with E-state index in [1.165, 1.54) is 5.56 Å². The van der Waals surface area contributed by atoms with Crippen LogP contribution in [0.3, 0.4) is 0 Å². The van der Waals surface area contributed by atoms with Gasteiger partial charge < -0.3 is 15.3 Å². The smallest absolute Gasteiger partial charge is 0.303 e. The van der Waals surface area contributed by atoms with Crippen LogP contribution in [0, 0.1) is 0 Å². The van der Waals surface area contributed by atoms with Crippen molar-refractivity contribution >= 4 is 17.9 Å². The minimum Gasteiger partial charge on any atom is -0.481 e. The Labute approximate surface area is 183 Å². The van der Waals surface area contributed by atoms with Gasteiger partial charge in [-0.3, -0.25) is 4.79 Å². The van der Waals surface area contributed by atoms with Crippen molar-refractivity contribution in [2.24, 2.45) is 5.16 Å². The molecule has 0 aliphatic rings. The van der Waals surface area contributed by atoms with Crippen LogP contribution in [-0.2, 0) is 29.0 Å². The Kier molecular flexibility index (Phi) is 8.23. The van der Waals surface area contributed by atoms with Crippen LogP contribution in [0.25, 0.3) is 0 Å². The maximum atomic E-state index is 10.7. The van der Waals surface area contributed by atoms with Gasteiger partial charge in [0.1, 0.15) is 6.10 Å². The van der Waals surface area contributed by atoms with E-state index in [1.54, 1.807) is 6.21 Å². The third-order valence-corrected chi connectivity index (χ3v) is 4.84. The average molecular weight is 417 g/mol. The van der Waals surface area contributed by atoms with Crippen LogP contribution in [0.2, 0.25) is 0 Å². The molecule has 0 saturated heterocycles. The average Bonchev–Trinajstić information content (AvgIpc) is 2.78. The highest BCUT2D eigenvalue weighted by Gasteiger charge is 2.03. The SMILES string of the molecule is CC(Cc1ccccc1)O/N=C/c1cccc(CNc2ccc(CCC(=O)O)cc2)c1. The normalized spacial score (nSPS) is 11.9. The van der Waals surface area contributed by atoms with E-state index >= 15 is 0 Å². The van der Waals surface area contributed by atoms with Crippen molar-refractivity contribution < 1.29 is 14.7 Å². The van der Waals surface area contributed by atoms with E-state index in [0.717, 1.165) is 28.8 Å². The van der Waals surface area contributed by atoms with Crippen molar-refractivity contribution in [3.8, 4) is 0 Å². The number of nitrogens with zero attached hydrogens (tertiary/aromatic N) is 1. The lowest BCUT2D eigenvalue weighted by atomic mass is 10.1. The molecule has 0 aromatic heterocycles. The van der Waals surface area contributed by atoms with Gasteiger partial charge in [0.25, 0.3) is 0 Å². The maximum absolute atomic E-state index is 10.7. The molecule has 1 atom stereocenters. The summed E-state index contributed by atoms with van der Waals surface area (Å²) in [7, 11) is 0. The number of rotatable bonds is 11. The Morgan fingerprint density at radius 1 is 1.00 bits per heavy atom. The van der Waals surface area contributed by atoms with E-state index < -0.39 is 5.97 Å². The summed E-state index contributed by atoms with van der Waals surface area (Å²) in [5.74, 6) is -0.776. The second-order valence-corrected chi connectivity index (χ2v) is 7.53. The number of carbonyl (C=O) groups is 1. The Morgan fingerprint density at radius 3 is 2.48 bits per heavy atom. The summed E-state index contributed by atoms with van der Waals surface area (Å²) < 4.78 is 0. The monoisotopic (exact) mass is 416 g/mol. The summed E-state index contributed by atoms with van der Waals surface area (Å²) >= 11 is 0. The zero-order valence-corrected chi connectivity index (χ0v) is 17.7. The van der Waals surface area contributed by atoms with Crippen molar-refractivity contribution in [1.82, 2.24) is 0 Å². The molecule has 3 aromatic carbocycles. The molecular weight excluding hydrogens is 388 g/mol. The largest absolute Gasteiger partial charge is 0.481 e. The predicted octanol–water partition coefficient (Wildman–Crippen LogP) is 5.30. The van der Waals surface area contributed by atoms with Crippen molar-refractivity contribution in [1.29, 1.82) is 0 Å². The molecular formula is C26H28N2O3. The molecule has 2 N–H and O–H groups in total. The molecule has 0 saturated carbocycles. The van der Waals surface area contributed by atoms with Gasteiger partial charge in [-0.05, 0) is 53.8 Å². The van der Waals surface area contributed by atoms with Gasteiger partial charge in [-0.25, -0.2) is 0 Å². The topological polar surface area (TPSA) is 70.9 Å². The van der Waals surface area contributed by atoms with Gasteiger partial charge in [0.2, 0.25) is 0 Å². The Balaban J connectivity index is 1.47. The fourth-order valence-electron chi connectivity index (χ4n) is 3.21. The summed E-state index contributed by atoms with van der Waals surface area (Å²) in [6.07, 6.45) is 3.25. The molecule has 0 aliphatic heterocycles. The molecule has 0 fully saturated rings. The number of nitrogens with one attached hydrogen (secondary N) is 1. The molecule has 160 valence electrons. The first-order valence-electron chi connectivity index (χ1n) is 10.4. The van der Waals surface area contributed by atoms with E-state index in [9.17, 15) is 4.79 Å². The number of aryl methyl sites for hydroxylation is 1. The first kappa shape index (κ1) is 22.1. The standard InChI is InChI=1S/C26H28N2O3/c1-20(16-22-6-3-2-4-7-22)31-28-19-24-9-5-8-23(17-24)18-27-25-13-10-21(11-14-25)12-15-26(29)30/h2-11,13-14,17,19-20,27H,12,15-16,18H2,1H3,(H,29,30)/b28-19+. The van der Waals surface area contributed by atoms with Gasteiger partial charge in [-0.2, -0.15) is 0 Å². The molecule has 1 unspecified atom stereocenters. The highest BCUT2D eigenvalue weighted by molar-refractivity contribution is 5.79. The van der Waals surface area contributed by atoms with Crippen molar-refractivity contribution in [2.75, 3.05) is 5.32 Å². The molecule has 0 amide bonds. The molecule has 5 nitrogen and oxygen atoms in total. The maximum Gasteiger partial charge on any atom is 0.303 e. The van der Waals surface area contributed by atoms with E-state index in [4.69, 9.17) is 9.94 Å². The van der Waals surface area contributed by atoms with Crippen molar-refractivity contribution in [2.45, 2.75) is 38.8 Å². The molecule has 0 spiro atoms. The third-order valence-electron chi connectivity index (χ3n) is 4.84. The Bertz CT molecular complexity index is 985. The molecule has 5 heteroatoms. The van der Waals surface area contributed by atoms with Gasteiger partial charge in [-0.15, -0.1) is 0 Å². The number of carboxylic acid groups (broad SMARTS) is 1. The lowest BCUT2D eigenvalue weighted by molar-refractivity contribution is -0.136. The number of hydrogen-bond acceptors (Lipinski definition) is 4. The zero-order chi connectivity index (χ0) is 21.9. The van der Waals surface area contributed by atoms with Crippen LogP contribution in [0.15, 0.2) is 84.0 Å². The van der Waals surface area contributed by atoms with Crippen LogP contribution in [-0.4, -0.2) is 23.4 Å². The molecule has 31 heavy (non-hydrogen) atoms. The molecule has 0 heterocycles. The fraction of sp³-hybridized carbons (Fsp3) is 0.231. The van der Waals surface area contributed by atoms with Crippen LogP contribution in [0.1, 0.15) is 35.6 Å². The number of benzene rings is 3. The number of aliphatic carboxylic acids is 1. The first-order chi connectivity index (χ1) is 15.1. The minimum atomic E-state index is -0.776. The second-order valence-electron chi connectivity index (χ2n) is 7.53. The quantitative estimate of drug-likeness (QED) is 0.329. The highest BCUT2D eigenvalue weighted by Crippen LogP contribution is 2.13. The van der Waals surface area contributed by atoms with Gasteiger partial charge >= 0.3 is 5.97 Å².